The molecule has 0 radical (unpaired) electrons. The molecule has 3 rings (SSSR count). The summed E-state index contributed by atoms with van der Waals surface area (Å²) in [6, 6.07) is 11.0. The first-order valence-corrected chi connectivity index (χ1v) is 8.65. The van der Waals surface area contributed by atoms with E-state index in [4.69, 9.17) is 9.47 Å². The Labute approximate surface area is 161 Å². The quantitative estimate of drug-likeness (QED) is 0.405. The van der Waals surface area contributed by atoms with Gasteiger partial charge < -0.3 is 40.1 Å². The Balaban J connectivity index is 1.66. The monoisotopic (exact) mass is 390 g/mol. The Morgan fingerprint density at radius 2 is 1.43 bits per heavy atom. The van der Waals surface area contributed by atoms with Crippen LogP contribution in [0.15, 0.2) is 42.5 Å². The highest BCUT2D eigenvalue weighted by Crippen LogP contribution is 2.25. The van der Waals surface area contributed by atoms with Gasteiger partial charge in [0.15, 0.2) is 0 Å². The van der Waals surface area contributed by atoms with Crippen molar-refractivity contribution in [1.29, 1.82) is 0 Å². The highest BCUT2D eigenvalue weighted by molar-refractivity contribution is 5.71. The Morgan fingerprint density at radius 3 is 2.04 bits per heavy atom. The SMILES string of the molecule is OC[C@H]1O[C@H](Oc2ccc(/C=C\c3cc(O)cc(O)c3)cc2)[C@H](O)[C@@H](O)[C@@H]1O. The number of aliphatic hydroxyl groups is 4. The van der Waals surface area contributed by atoms with Gasteiger partial charge in [-0.3, -0.25) is 0 Å². The molecule has 8 nitrogen and oxygen atoms in total. The largest absolute Gasteiger partial charge is 0.508 e. The second-order valence-electron chi connectivity index (χ2n) is 6.50. The van der Waals surface area contributed by atoms with Crippen LogP contribution in [0.5, 0.6) is 17.2 Å². The molecule has 0 bridgehead atoms. The number of phenols is 2. The molecule has 1 fully saturated rings. The molecule has 1 aliphatic heterocycles. The van der Waals surface area contributed by atoms with Crippen molar-refractivity contribution in [3.63, 3.8) is 0 Å². The van der Waals surface area contributed by atoms with Crippen LogP contribution < -0.4 is 4.74 Å². The summed E-state index contributed by atoms with van der Waals surface area (Å²) in [5.74, 6) is 0.280. The molecule has 150 valence electrons. The molecule has 5 atom stereocenters. The summed E-state index contributed by atoms with van der Waals surface area (Å²) in [4.78, 5) is 0. The highest BCUT2D eigenvalue weighted by atomic mass is 16.7. The van der Waals surface area contributed by atoms with Gasteiger partial charge >= 0.3 is 0 Å². The molecule has 1 saturated heterocycles. The van der Waals surface area contributed by atoms with E-state index in [9.17, 15) is 30.6 Å². The maximum absolute atomic E-state index is 10.00. The van der Waals surface area contributed by atoms with Gasteiger partial charge in [-0.1, -0.05) is 24.3 Å². The fourth-order valence-electron chi connectivity index (χ4n) is 2.86. The molecule has 0 amide bonds. The molecular formula is C20H22O8. The maximum atomic E-state index is 10.00. The number of hydrogen-bond donors (Lipinski definition) is 6. The van der Waals surface area contributed by atoms with E-state index in [2.05, 4.69) is 0 Å². The van der Waals surface area contributed by atoms with Gasteiger partial charge in [-0.15, -0.1) is 0 Å². The second-order valence-corrected chi connectivity index (χ2v) is 6.50. The summed E-state index contributed by atoms with van der Waals surface area (Å²) in [5, 5.41) is 57.7. The number of benzene rings is 2. The lowest BCUT2D eigenvalue weighted by Crippen LogP contribution is -2.60. The van der Waals surface area contributed by atoms with E-state index in [1.54, 1.807) is 36.4 Å². The van der Waals surface area contributed by atoms with Crippen LogP contribution in [0.4, 0.5) is 0 Å². The minimum atomic E-state index is -1.50. The Hall–Kier alpha value is -2.62. The molecule has 0 aliphatic carbocycles. The molecule has 1 heterocycles. The zero-order valence-electron chi connectivity index (χ0n) is 14.8. The van der Waals surface area contributed by atoms with Crippen LogP contribution >= 0.6 is 0 Å². The van der Waals surface area contributed by atoms with E-state index < -0.39 is 37.3 Å². The summed E-state index contributed by atoms with van der Waals surface area (Å²) in [6.07, 6.45) is -3.22. The third-order valence-corrected chi connectivity index (χ3v) is 4.37. The van der Waals surface area contributed by atoms with E-state index in [1.165, 1.54) is 18.2 Å². The Kier molecular flexibility index (Phi) is 6.18. The van der Waals surface area contributed by atoms with E-state index in [0.717, 1.165) is 5.56 Å². The van der Waals surface area contributed by atoms with Crippen LogP contribution in [0.25, 0.3) is 12.2 Å². The first kappa shape index (κ1) is 20.1. The minimum Gasteiger partial charge on any atom is -0.508 e. The highest BCUT2D eigenvalue weighted by Gasteiger charge is 2.44. The predicted molar refractivity (Wildman–Crippen MR) is 99.5 cm³/mol. The number of ether oxygens (including phenoxy) is 2. The topological polar surface area (TPSA) is 140 Å². The van der Waals surface area contributed by atoms with Gasteiger partial charge in [0.05, 0.1) is 6.61 Å². The summed E-state index contributed by atoms with van der Waals surface area (Å²) < 4.78 is 10.8. The van der Waals surface area contributed by atoms with Gasteiger partial charge in [0.1, 0.15) is 41.7 Å². The zero-order chi connectivity index (χ0) is 20.3. The number of aromatic hydroxyl groups is 2. The number of rotatable bonds is 5. The second kappa shape index (κ2) is 8.59. The Bertz CT molecular complexity index is 797. The lowest BCUT2D eigenvalue weighted by molar-refractivity contribution is -0.277. The van der Waals surface area contributed by atoms with Crippen molar-refractivity contribution in [3.8, 4) is 17.2 Å². The van der Waals surface area contributed by atoms with Gasteiger partial charge in [0.25, 0.3) is 0 Å². The first-order chi connectivity index (χ1) is 13.4. The molecule has 1 aliphatic rings. The molecule has 2 aromatic rings. The first-order valence-electron chi connectivity index (χ1n) is 8.65. The van der Waals surface area contributed by atoms with Gasteiger partial charge in [0.2, 0.25) is 6.29 Å². The molecule has 2 aromatic carbocycles. The van der Waals surface area contributed by atoms with Gasteiger partial charge in [-0.05, 0) is 35.4 Å². The van der Waals surface area contributed by atoms with Crippen LogP contribution in [0.1, 0.15) is 11.1 Å². The van der Waals surface area contributed by atoms with Crippen molar-refractivity contribution in [2.24, 2.45) is 0 Å². The third-order valence-electron chi connectivity index (χ3n) is 4.37. The molecule has 0 spiro atoms. The lowest BCUT2D eigenvalue weighted by atomic mass is 9.99. The number of aliphatic hydroxyl groups excluding tert-OH is 4. The van der Waals surface area contributed by atoms with Crippen molar-refractivity contribution >= 4 is 12.2 Å². The maximum Gasteiger partial charge on any atom is 0.229 e. The summed E-state index contributed by atoms with van der Waals surface area (Å²) in [5.41, 5.74) is 1.43. The van der Waals surface area contributed by atoms with E-state index in [1.807, 2.05) is 0 Å². The van der Waals surface area contributed by atoms with Crippen molar-refractivity contribution in [3.05, 3.63) is 53.6 Å². The predicted octanol–water partition coefficient (Wildman–Crippen LogP) is 0.447. The standard InChI is InChI=1S/C20H22O8/c21-10-16-17(24)18(25)19(26)20(28-16)27-15-5-3-11(4-6-15)1-2-12-7-13(22)9-14(23)8-12/h1-9,16-26H,10H2/b2-1-/t16-,17-,18+,19-,20+/m1/s1. The fourth-order valence-corrected chi connectivity index (χ4v) is 2.86. The summed E-state index contributed by atoms with van der Waals surface area (Å²) in [6.45, 7) is -0.529. The summed E-state index contributed by atoms with van der Waals surface area (Å²) in [7, 11) is 0. The van der Waals surface area contributed by atoms with Crippen molar-refractivity contribution < 1.29 is 40.1 Å². The third kappa shape index (κ3) is 4.61. The zero-order valence-corrected chi connectivity index (χ0v) is 14.8. The molecule has 0 unspecified atom stereocenters. The van der Waals surface area contributed by atoms with Crippen molar-refractivity contribution in [1.82, 2.24) is 0 Å². The average Bonchev–Trinajstić information content (AvgIpc) is 2.67. The molecule has 28 heavy (non-hydrogen) atoms. The van der Waals surface area contributed by atoms with Crippen LogP contribution in [0.2, 0.25) is 0 Å². The average molecular weight is 390 g/mol. The van der Waals surface area contributed by atoms with Crippen LogP contribution in [0.3, 0.4) is 0 Å². The van der Waals surface area contributed by atoms with Gasteiger partial charge in [-0.25, -0.2) is 0 Å². The molecule has 0 aromatic heterocycles. The van der Waals surface area contributed by atoms with E-state index in [0.29, 0.717) is 11.3 Å². The van der Waals surface area contributed by atoms with Gasteiger partial charge in [0, 0.05) is 6.07 Å². The fraction of sp³-hybridized carbons (Fsp3) is 0.300. The molecule has 0 saturated carbocycles. The van der Waals surface area contributed by atoms with E-state index >= 15 is 0 Å². The normalized spacial score (nSPS) is 27.8. The smallest absolute Gasteiger partial charge is 0.229 e. The van der Waals surface area contributed by atoms with E-state index in [-0.39, 0.29) is 11.5 Å². The van der Waals surface area contributed by atoms with Crippen molar-refractivity contribution in [2.75, 3.05) is 6.61 Å². The Morgan fingerprint density at radius 1 is 0.821 bits per heavy atom. The number of hydrogen-bond acceptors (Lipinski definition) is 8. The van der Waals surface area contributed by atoms with Crippen molar-refractivity contribution in [2.45, 2.75) is 30.7 Å². The molecule has 6 N–H and O–H groups in total. The summed E-state index contributed by atoms with van der Waals surface area (Å²) >= 11 is 0. The van der Waals surface area contributed by atoms with Gasteiger partial charge in [-0.2, -0.15) is 0 Å². The molecular weight excluding hydrogens is 368 g/mol. The van der Waals surface area contributed by atoms with Crippen LogP contribution in [-0.4, -0.2) is 68.0 Å². The lowest BCUT2D eigenvalue weighted by Gasteiger charge is -2.39. The minimum absolute atomic E-state index is 0.0390. The van der Waals surface area contributed by atoms with Crippen LogP contribution in [-0.2, 0) is 4.74 Å². The molecule has 8 heteroatoms. The number of phenolic OH excluding ortho intramolecular Hbond substituents is 2. The van der Waals surface area contributed by atoms with Crippen LogP contribution in [0, 0.1) is 0 Å².